The first-order chi connectivity index (χ1) is 17.0. The molecule has 5 rings (SSSR count). The second-order valence-electron chi connectivity index (χ2n) is 9.54. The third-order valence-electron chi connectivity index (χ3n) is 6.95. The van der Waals surface area contributed by atoms with Crippen molar-refractivity contribution < 1.29 is 4.79 Å². The summed E-state index contributed by atoms with van der Waals surface area (Å²) in [5.41, 5.74) is 6.59. The third-order valence-corrected chi connectivity index (χ3v) is 6.95. The SMILES string of the molecule is CCc1ccc(-n2nc(C)c3c(C(=O)NC4CCN(Cc5ccccc5)CC4)cc(C)nc32)cc1. The van der Waals surface area contributed by atoms with Crippen LogP contribution in [0.2, 0.25) is 0 Å². The molecule has 1 fully saturated rings. The number of carbonyl (C=O) groups excluding carboxylic acids is 1. The van der Waals surface area contributed by atoms with Crippen molar-refractivity contribution in [3.05, 3.63) is 88.7 Å². The molecule has 6 nitrogen and oxygen atoms in total. The first kappa shape index (κ1) is 23.2. The number of aromatic nitrogens is 3. The van der Waals surface area contributed by atoms with Gasteiger partial charge in [-0.1, -0.05) is 49.4 Å². The number of hydrogen-bond donors (Lipinski definition) is 1. The van der Waals surface area contributed by atoms with Gasteiger partial charge in [-0.25, -0.2) is 9.67 Å². The van der Waals surface area contributed by atoms with E-state index in [1.165, 1.54) is 11.1 Å². The number of pyridine rings is 1. The monoisotopic (exact) mass is 467 g/mol. The third kappa shape index (κ3) is 4.98. The predicted molar refractivity (Wildman–Crippen MR) is 140 cm³/mol. The number of fused-ring (bicyclic) bond motifs is 1. The maximum atomic E-state index is 13.4. The van der Waals surface area contributed by atoms with Gasteiger partial charge in [-0.2, -0.15) is 5.10 Å². The molecule has 1 aliphatic heterocycles. The smallest absolute Gasteiger partial charge is 0.252 e. The lowest BCUT2D eigenvalue weighted by Gasteiger charge is -2.32. The van der Waals surface area contributed by atoms with E-state index in [-0.39, 0.29) is 11.9 Å². The zero-order chi connectivity index (χ0) is 24.4. The van der Waals surface area contributed by atoms with Crippen LogP contribution in [0.1, 0.15) is 52.6 Å². The van der Waals surface area contributed by atoms with Crippen LogP contribution in [0.3, 0.4) is 0 Å². The molecule has 0 atom stereocenters. The minimum atomic E-state index is -0.0361. The van der Waals surface area contributed by atoms with Crippen molar-refractivity contribution in [2.24, 2.45) is 0 Å². The van der Waals surface area contributed by atoms with Gasteiger partial charge in [-0.3, -0.25) is 9.69 Å². The molecular weight excluding hydrogens is 434 g/mol. The number of likely N-dealkylation sites (tertiary alicyclic amines) is 1. The van der Waals surface area contributed by atoms with Gasteiger partial charge >= 0.3 is 0 Å². The number of nitrogens with one attached hydrogen (secondary N) is 1. The molecule has 0 aliphatic carbocycles. The Hall–Kier alpha value is -3.51. The largest absolute Gasteiger partial charge is 0.349 e. The number of piperidine rings is 1. The summed E-state index contributed by atoms with van der Waals surface area (Å²) in [6, 6.07) is 21.0. The quantitative estimate of drug-likeness (QED) is 0.434. The lowest BCUT2D eigenvalue weighted by atomic mass is 10.0. The molecule has 1 saturated heterocycles. The molecule has 2 aromatic carbocycles. The zero-order valence-electron chi connectivity index (χ0n) is 20.8. The molecule has 0 saturated carbocycles. The summed E-state index contributed by atoms with van der Waals surface area (Å²) in [6.45, 7) is 8.96. The average Bonchev–Trinajstić information content (AvgIpc) is 3.21. The van der Waals surface area contributed by atoms with Gasteiger partial charge in [0, 0.05) is 31.4 Å². The molecule has 0 bridgehead atoms. The van der Waals surface area contributed by atoms with E-state index in [0.29, 0.717) is 5.56 Å². The summed E-state index contributed by atoms with van der Waals surface area (Å²) >= 11 is 0. The van der Waals surface area contributed by atoms with Crippen LogP contribution in [0.25, 0.3) is 16.7 Å². The number of nitrogens with zero attached hydrogens (tertiary/aromatic N) is 4. The van der Waals surface area contributed by atoms with E-state index in [2.05, 4.69) is 71.7 Å². The van der Waals surface area contributed by atoms with Crippen LogP contribution in [0.15, 0.2) is 60.7 Å². The van der Waals surface area contributed by atoms with Crippen molar-refractivity contribution in [2.75, 3.05) is 13.1 Å². The molecule has 3 heterocycles. The molecule has 4 aromatic rings. The number of benzene rings is 2. The van der Waals surface area contributed by atoms with Crippen molar-refractivity contribution in [3.8, 4) is 5.69 Å². The van der Waals surface area contributed by atoms with Crippen molar-refractivity contribution >= 4 is 16.9 Å². The first-order valence-electron chi connectivity index (χ1n) is 12.5. The van der Waals surface area contributed by atoms with Gasteiger partial charge in [0.25, 0.3) is 5.91 Å². The lowest BCUT2D eigenvalue weighted by Crippen LogP contribution is -2.44. The maximum absolute atomic E-state index is 13.4. The molecule has 180 valence electrons. The number of hydrogen-bond acceptors (Lipinski definition) is 4. The Morgan fingerprint density at radius 3 is 2.40 bits per heavy atom. The molecule has 0 spiro atoms. The fraction of sp³-hybridized carbons (Fsp3) is 0.345. The van der Waals surface area contributed by atoms with Gasteiger partial charge in [0.05, 0.1) is 22.3 Å². The number of carbonyl (C=O) groups is 1. The Balaban J connectivity index is 1.33. The predicted octanol–water partition coefficient (Wildman–Crippen LogP) is 4.99. The molecule has 1 aliphatic rings. The van der Waals surface area contributed by atoms with Crippen molar-refractivity contribution in [1.29, 1.82) is 0 Å². The lowest BCUT2D eigenvalue weighted by molar-refractivity contribution is 0.0910. The average molecular weight is 468 g/mol. The minimum Gasteiger partial charge on any atom is -0.349 e. The molecule has 0 unspecified atom stereocenters. The van der Waals surface area contributed by atoms with Crippen LogP contribution >= 0.6 is 0 Å². The molecule has 35 heavy (non-hydrogen) atoms. The minimum absolute atomic E-state index is 0.0361. The summed E-state index contributed by atoms with van der Waals surface area (Å²) < 4.78 is 1.86. The Morgan fingerprint density at radius 2 is 1.71 bits per heavy atom. The highest BCUT2D eigenvalue weighted by Gasteiger charge is 2.24. The van der Waals surface area contributed by atoms with Crippen LogP contribution in [0.5, 0.6) is 0 Å². The van der Waals surface area contributed by atoms with E-state index >= 15 is 0 Å². The Labute approximate surface area is 207 Å². The van der Waals surface area contributed by atoms with E-state index in [1.807, 2.05) is 24.6 Å². The van der Waals surface area contributed by atoms with Gasteiger partial charge in [-0.05, 0) is 62.4 Å². The normalized spacial score (nSPS) is 14.9. The van der Waals surface area contributed by atoms with Crippen LogP contribution in [-0.2, 0) is 13.0 Å². The molecule has 0 radical (unpaired) electrons. The van der Waals surface area contributed by atoms with E-state index in [1.54, 1.807) is 0 Å². The van der Waals surface area contributed by atoms with E-state index in [9.17, 15) is 4.79 Å². The zero-order valence-corrected chi connectivity index (χ0v) is 20.8. The van der Waals surface area contributed by atoms with Crippen LogP contribution in [-0.4, -0.2) is 44.7 Å². The van der Waals surface area contributed by atoms with Crippen LogP contribution < -0.4 is 5.32 Å². The summed E-state index contributed by atoms with van der Waals surface area (Å²) in [5, 5.41) is 8.89. The Morgan fingerprint density at radius 1 is 1.00 bits per heavy atom. The Bertz CT molecular complexity index is 1320. The number of rotatable bonds is 6. The van der Waals surface area contributed by atoms with Gasteiger partial charge < -0.3 is 5.32 Å². The highest BCUT2D eigenvalue weighted by molar-refractivity contribution is 6.06. The fourth-order valence-electron chi connectivity index (χ4n) is 4.99. The van der Waals surface area contributed by atoms with Gasteiger partial charge in [0.2, 0.25) is 0 Å². The maximum Gasteiger partial charge on any atom is 0.252 e. The van der Waals surface area contributed by atoms with E-state index in [0.717, 1.165) is 67.0 Å². The Kier molecular flexibility index (Phi) is 6.64. The molecule has 6 heteroatoms. The summed E-state index contributed by atoms with van der Waals surface area (Å²) in [6.07, 6.45) is 2.90. The topological polar surface area (TPSA) is 63.1 Å². The molecule has 2 aromatic heterocycles. The number of amides is 1. The number of aryl methyl sites for hydroxylation is 3. The highest BCUT2D eigenvalue weighted by Crippen LogP contribution is 2.26. The first-order valence-corrected chi connectivity index (χ1v) is 12.5. The molecule has 1 amide bonds. The van der Waals surface area contributed by atoms with Gasteiger partial charge in [0.15, 0.2) is 5.65 Å². The van der Waals surface area contributed by atoms with Crippen LogP contribution in [0.4, 0.5) is 0 Å². The standard InChI is InChI=1S/C29H33N5O/c1-4-22-10-12-25(13-11-22)34-28-27(21(3)32-34)26(18-20(2)30-28)29(35)31-24-14-16-33(17-15-24)19-23-8-6-5-7-9-23/h5-13,18,24H,4,14-17,19H2,1-3H3,(H,31,35). The van der Waals surface area contributed by atoms with Crippen molar-refractivity contribution in [3.63, 3.8) is 0 Å². The second kappa shape index (κ2) is 10.0. The highest BCUT2D eigenvalue weighted by atomic mass is 16.1. The fourth-order valence-corrected chi connectivity index (χ4v) is 4.99. The van der Waals surface area contributed by atoms with Crippen molar-refractivity contribution in [1.82, 2.24) is 25.0 Å². The van der Waals surface area contributed by atoms with Crippen molar-refractivity contribution in [2.45, 2.75) is 52.6 Å². The summed E-state index contributed by atoms with van der Waals surface area (Å²) in [5.74, 6) is -0.0361. The second-order valence-corrected chi connectivity index (χ2v) is 9.54. The van der Waals surface area contributed by atoms with Gasteiger partial charge in [-0.15, -0.1) is 0 Å². The summed E-state index contributed by atoms with van der Waals surface area (Å²) in [4.78, 5) is 20.7. The van der Waals surface area contributed by atoms with Crippen LogP contribution in [0, 0.1) is 13.8 Å². The van der Waals surface area contributed by atoms with E-state index in [4.69, 9.17) is 10.1 Å². The van der Waals surface area contributed by atoms with Gasteiger partial charge in [0.1, 0.15) is 0 Å². The molecule has 1 N–H and O–H groups in total. The van der Waals surface area contributed by atoms with E-state index < -0.39 is 0 Å². The summed E-state index contributed by atoms with van der Waals surface area (Å²) in [7, 11) is 0. The molecular formula is C29H33N5O.